The van der Waals surface area contributed by atoms with Crippen LogP contribution in [-0.2, 0) is 0 Å². The molecule has 1 fully saturated rings. The summed E-state index contributed by atoms with van der Waals surface area (Å²) in [5, 5.41) is 8.03. The van der Waals surface area contributed by atoms with Crippen LogP contribution in [0.4, 0.5) is 0 Å². The Morgan fingerprint density at radius 2 is 1.97 bits per heavy atom. The highest BCUT2D eigenvalue weighted by Gasteiger charge is 2.31. The van der Waals surface area contributed by atoms with Crippen molar-refractivity contribution in [2.75, 3.05) is 13.6 Å². The predicted molar refractivity (Wildman–Crippen MR) is 115 cm³/mol. The smallest absolute Gasteiger partial charge is 0.301 e. The summed E-state index contributed by atoms with van der Waals surface area (Å²) in [6.45, 7) is 1.07. The van der Waals surface area contributed by atoms with E-state index in [4.69, 9.17) is 0 Å². The molecule has 2 aromatic carbocycles. The molecule has 1 aliphatic rings. The summed E-state index contributed by atoms with van der Waals surface area (Å²) >= 11 is 0. The largest absolute Gasteiger partial charge is 0.333 e. The number of H-pyrrole nitrogens is 1. The summed E-state index contributed by atoms with van der Waals surface area (Å²) in [4.78, 5) is 15.9. The van der Waals surface area contributed by atoms with Crippen molar-refractivity contribution in [2.24, 2.45) is 0 Å². The van der Waals surface area contributed by atoms with Crippen LogP contribution in [0.25, 0.3) is 16.6 Å². The number of fused-ring (bicyclic) bond motifs is 1. The molecule has 1 saturated heterocycles. The third-order valence-corrected chi connectivity index (χ3v) is 6.14. The Hall–Kier alpha value is -3.12. The molecule has 1 aliphatic heterocycles. The Morgan fingerprint density at radius 1 is 1.10 bits per heavy atom. The Bertz CT molecular complexity index is 1170. The van der Waals surface area contributed by atoms with Crippen molar-refractivity contribution in [3.05, 3.63) is 83.2 Å². The maximum atomic E-state index is 13.5. The topological polar surface area (TPSA) is 58.9 Å². The lowest BCUT2D eigenvalue weighted by Crippen LogP contribution is -2.45. The Kier molecular flexibility index (Phi) is 4.56. The molecule has 6 nitrogen and oxygen atoms in total. The number of piperidine rings is 1. The fraction of sp³-hybridized carbons (Fsp3) is 0.304. The monoisotopic (exact) mass is 387 g/mol. The Labute approximate surface area is 169 Å². The van der Waals surface area contributed by atoms with Gasteiger partial charge in [0.15, 0.2) is 0 Å². The van der Waals surface area contributed by atoms with Gasteiger partial charge in [-0.05, 0) is 50.2 Å². The van der Waals surface area contributed by atoms with Gasteiger partial charge in [0.1, 0.15) is 0 Å². The summed E-state index contributed by atoms with van der Waals surface area (Å²) in [7, 11) is 2.18. The molecule has 148 valence electrons. The minimum atomic E-state index is -0.0133. The summed E-state index contributed by atoms with van der Waals surface area (Å²) in [6.07, 6.45) is 9.10. The highest BCUT2D eigenvalue weighted by atomic mass is 16.1. The molecule has 0 radical (unpaired) electrons. The number of likely N-dealkylation sites (N-methyl/N-ethyl adjacent to an activating group) is 1. The second kappa shape index (κ2) is 7.37. The van der Waals surface area contributed by atoms with Crippen LogP contribution in [0, 0.1) is 0 Å². The predicted octanol–water partition coefficient (Wildman–Crippen LogP) is 3.59. The molecular formula is C23H25N5O. The fourth-order valence-electron chi connectivity index (χ4n) is 4.60. The van der Waals surface area contributed by atoms with Gasteiger partial charge in [0.2, 0.25) is 0 Å². The van der Waals surface area contributed by atoms with Crippen molar-refractivity contribution in [3.8, 4) is 5.69 Å². The first kappa shape index (κ1) is 17.9. The number of hydrogen-bond donors (Lipinski definition) is 1. The van der Waals surface area contributed by atoms with Crippen LogP contribution >= 0.6 is 0 Å². The van der Waals surface area contributed by atoms with Gasteiger partial charge in [0.25, 0.3) is 0 Å². The average Bonchev–Trinajstić information content (AvgIpc) is 3.37. The van der Waals surface area contributed by atoms with Crippen LogP contribution in [0.5, 0.6) is 0 Å². The maximum absolute atomic E-state index is 13.5. The molecule has 3 heterocycles. The van der Waals surface area contributed by atoms with Crippen LogP contribution in [0.2, 0.25) is 0 Å². The molecule has 0 unspecified atom stereocenters. The van der Waals surface area contributed by atoms with E-state index in [9.17, 15) is 4.79 Å². The van der Waals surface area contributed by atoms with E-state index in [1.54, 1.807) is 10.8 Å². The fourth-order valence-corrected chi connectivity index (χ4v) is 4.60. The molecule has 2 atom stereocenters. The number of nitrogens with zero attached hydrogens (tertiary/aromatic N) is 4. The number of aromatic nitrogens is 4. The lowest BCUT2D eigenvalue weighted by Gasteiger charge is -2.38. The van der Waals surface area contributed by atoms with Gasteiger partial charge >= 0.3 is 5.69 Å². The van der Waals surface area contributed by atoms with Gasteiger partial charge in [-0.3, -0.25) is 14.2 Å². The first-order valence-electron chi connectivity index (χ1n) is 10.2. The van der Waals surface area contributed by atoms with Crippen LogP contribution in [0.15, 0.2) is 71.9 Å². The van der Waals surface area contributed by atoms with Gasteiger partial charge in [-0.2, -0.15) is 5.10 Å². The zero-order valence-corrected chi connectivity index (χ0v) is 16.5. The number of rotatable bonds is 4. The second-order valence-corrected chi connectivity index (χ2v) is 7.90. The summed E-state index contributed by atoms with van der Waals surface area (Å²) in [5.41, 5.74) is 2.98. The van der Waals surface area contributed by atoms with Gasteiger partial charge in [-0.25, -0.2) is 4.79 Å². The van der Waals surface area contributed by atoms with Crippen molar-refractivity contribution in [1.29, 1.82) is 0 Å². The highest BCUT2D eigenvalue weighted by Crippen LogP contribution is 2.30. The molecule has 0 spiro atoms. The number of nitrogens with one attached hydrogen (secondary N) is 1. The summed E-state index contributed by atoms with van der Waals surface area (Å²) in [6, 6.07) is 16.6. The van der Waals surface area contributed by atoms with Gasteiger partial charge in [-0.1, -0.05) is 36.8 Å². The molecule has 29 heavy (non-hydrogen) atoms. The molecule has 6 heteroatoms. The van der Waals surface area contributed by atoms with E-state index in [1.807, 2.05) is 41.2 Å². The second-order valence-electron chi connectivity index (χ2n) is 7.90. The van der Waals surface area contributed by atoms with E-state index in [2.05, 4.69) is 46.4 Å². The van der Waals surface area contributed by atoms with Gasteiger partial charge in [0, 0.05) is 23.8 Å². The molecular weight excluding hydrogens is 362 g/mol. The van der Waals surface area contributed by atoms with E-state index < -0.39 is 0 Å². The zero-order chi connectivity index (χ0) is 19.8. The molecule has 2 aromatic heterocycles. The minimum absolute atomic E-state index is 0.00657. The maximum Gasteiger partial charge on any atom is 0.333 e. The number of hydrogen-bond acceptors (Lipinski definition) is 3. The molecule has 1 N–H and O–H groups in total. The SMILES string of the molecule is CN1CCCC[C@@H]1[C@@H](c1ccccc1)n1ccn(-c2ccc3[nH]ncc3c2)c1=O. The quantitative estimate of drug-likeness (QED) is 0.582. The lowest BCUT2D eigenvalue weighted by atomic mass is 9.91. The van der Waals surface area contributed by atoms with E-state index in [-0.39, 0.29) is 11.7 Å². The molecule has 0 aliphatic carbocycles. The molecule has 0 amide bonds. The van der Waals surface area contributed by atoms with Gasteiger partial charge in [-0.15, -0.1) is 0 Å². The van der Waals surface area contributed by atoms with Crippen molar-refractivity contribution < 1.29 is 0 Å². The first-order valence-corrected chi connectivity index (χ1v) is 10.2. The van der Waals surface area contributed by atoms with Crippen LogP contribution < -0.4 is 5.69 Å². The van der Waals surface area contributed by atoms with Crippen molar-refractivity contribution >= 4 is 10.9 Å². The van der Waals surface area contributed by atoms with Crippen LogP contribution in [0.3, 0.4) is 0 Å². The number of aromatic amines is 1. The number of imidazole rings is 1. The van der Waals surface area contributed by atoms with Gasteiger partial charge < -0.3 is 4.90 Å². The van der Waals surface area contributed by atoms with E-state index >= 15 is 0 Å². The third-order valence-electron chi connectivity index (χ3n) is 6.14. The third kappa shape index (κ3) is 3.19. The first-order chi connectivity index (χ1) is 14.2. The lowest BCUT2D eigenvalue weighted by molar-refractivity contribution is 0.145. The summed E-state index contributed by atoms with van der Waals surface area (Å²) < 4.78 is 3.63. The Balaban J connectivity index is 1.60. The Morgan fingerprint density at radius 3 is 2.79 bits per heavy atom. The van der Waals surface area contributed by atoms with Crippen molar-refractivity contribution in [3.63, 3.8) is 0 Å². The zero-order valence-electron chi connectivity index (χ0n) is 16.5. The minimum Gasteiger partial charge on any atom is -0.301 e. The summed E-state index contributed by atoms with van der Waals surface area (Å²) in [5.74, 6) is 0. The van der Waals surface area contributed by atoms with Crippen molar-refractivity contribution in [2.45, 2.75) is 31.3 Å². The number of benzene rings is 2. The van der Waals surface area contributed by atoms with E-state index in [0.29, 0.717) is 6.04 Å². The van der Waals surface area contributed by atoms with Crippen LogP contribution in [0.1, 0.15) is 30.9 Å². The van der Waals surface area contributed by atoms with Crippen LogP contribution in [-0.4, -0.2) is 43.9 Å². The van der Waals surface area contributed by atoms with Crippen molar-refractivity contribution in [1.82, 2.24) is 24.2 Å². The molecule has 5 rings (SSSR count). The molecule has 4 aromatic rings. The van der Waals surface area contributed by atoms with E-state index in [1.165, 1.54) is 18.4 Å². The standard InChI is InChI=1S/C23H25N5O/c1-26-12-6-5-9-21(26)22(17-7-3-2-4-8-17)28-14-13-27(23(28)29)19-10-11-20-18(15-19)16-24-25-20/h2-4,7-8,10-11,13-16,21-22H,5-6,9,12H2,1H3,(H,24,25)/t21-,22-/m1/s1. The number of likely N-dealkylation sites (tertiary alicyclic amines) is 1. The molecule has 0 saturated carbocycles. The van der Waals surface area contributed by atoms with E-state index in [0.717, 1.165) is 29.6 Å². The highest BCUT2D eigenvalue weighted by molar-refractivity contribution is 5.80. The molecule has 0 bridgehead atoms. The average molecular weight is 387 g/mol. The van der Waals surface area contributed by atoms with Gasteiger partial charge in [0.05, 0.1) is 23.4 Å². The normalized spacial score (nSPS) is 18.9.